The van der Waals surface area contributed by atoms with Crippen LogP contribution in [0.3, 0.4) is 0 Å². The van der Waals surface area contributed by atoms with E-state index in [0.717, 1.165) is 23.1 Å². The van der Waals surface area contributed by atoms with Crippen LogP contribution in [0, 0.1) is 0 Å². The maximum absolute atomic E-state index is 12.5. The number of urea groups is 1. The minimum Gasteiger partial charge on any atom is -0.355 e. The number of hydrogen-bond donors (Lipinski definition) is 5. The molecule has 0 aliphatic heterocycles. The van der Waals surface area contributed by atoms with Gasteiger partial charge < -0.3 is 26.6 Å². The molecule has 0 spiro atoms. The van der Waals surface area contributed by atoms with Crippen LogP contribution in [0.1, 0.15) is 28.4 Å². The van der Waals surface area contributed by atoms with Crippen molar-refractivity contribution in [2.75, 3.05) is 24.7 Å². The first-order valence-corrected chi connectivity index (χ1v) is 12.5. The first kappa shape index (κ1) is 27.0. The Morgan fingerprint density at radius 2 is 1.69 bits per heavy atom. The van der Waals surface area contributed by atoms with Gasteiger partial charge in [0, 0.05) is 44.6 Å². The van der Waals surface area contributed by atoms with E-state index in [1.807, 2.05) is 55.5 Å². The van der Waals surface area contributed by atoms with Crippen molar-refractivity contribution in [1.82, 2.24) is 35.9 Å². The van der Waals surface area contributed by atoms with E-state index in [0.29, 0.717) is 35.5 Å². The van der Waals surface area contributed by atoms with E-state index in [-0.39, 0.29) is 18.0 Å². The molecular formula is C28H31N9O2. The van der Waals surface area contributed by atoms with Crippen molar-refractivity contribution in [3.8, 4) is 11.4 Å². The molecule has 5 N–H and O–H groups in total. The molecule has 0 unspecified atom stereocenters. The molecule has 3 amide bonds. The van der Waals surface area contributed by atoms with Gasteiger partial charge in [-0.3, -0.25) is 4.79 Å². The average Bonchev–Trinajstić information content (AvgIpc) is 2.96. The third kappa shape index (κ3) is 7.48. The van der Waals surface area contributed by atoms with E-state index in [1.54, 1.807) is 26.4 Å². The van der Waals surface area contributed by atoms with Crippen LogP contribution < -0.4 is 26.6 Å². The van der Waals surface area contributed by atoms with Crippen molar-refractivity contribution in [2.45, 2.75) is 25.9 Å². The van der Waals surface area contributed by atoms with Gasteiger partial charge in [-0.25, -0.2) is 19.7 Å². The van der Waals surface area contributed by atoms with E-state index in [2.05, 4.69) is 52.6 Å². The second kappa shape index (κ2) is 13.0. The number of carbonyl (C=O) groups is 2. The number of anilines is 3. The van der Waals surface area contributed by atoms with Crippen LogP contribution in [0.2, 0.25) is 0 Å². The third-order valence-corrected chi connectivity index (χ3v) is 5.78. The zero-order chi connectivity index (χ0) is 27.6. The molecule has 2 aromatic carbocycles. The van der Waals surface area contributed by atoms with Gasteiger partial charge in [-0.05, 0) is 30.5 Å². The average molecular weight is 526 g/mol. The van der Waals surface area contributed by atoms with Crippen molar-refractivity contribution in [3.63, 3.8) is 0 Å². The molecule has 0 fully saturated rings. The zero-order valence-electron chi connectivity index (χ0n) is 22.0. The molecule has 0 radical (unpaired) electrons. The first-order valence-electron chi connectivity index (χ1n) is 12.5. The number of rotatable bonds is 10. The Labute approximate surface area is 226 Å². The Hall–Kier alpha value is -5.06. The van der Waals surface area contributed by atoms with E-state index in [9.17, 15) is 9.59 Å². The summed E-state index contributed by atoms with van der Waals surface area (Å²) in [5, 5.41) is 14.4. The predicted octanol–water partition coefficient (Wildman–Crippen LogP) is 3.51. The molecule has 11 nitrogen and oxygen atoms in total. The molecule has 2 heterocycles. The molecule has 1 atom stereocenters. The maximum Gasteiger partial charge on any atom is 0.314 e. The summed E-state index contributed by atoms with van der Waals surface area (Å²) in [4.78, 5) is 41.8. The van der Waals surface area contributed by atoms with Crippen LogP contribution in [0.25, 0.3) is 11.4 Å². The maximum atomic E-state index is 12.5. The van der Waals surface area contributed by atoms with Gasteiger partial charge in [0.1, 0.15) is 17.2 Å². The number of aromatic nitrogens is 4. The second-order valence-corrected chi connectivity index (χ2v) is 8.79. The van der Waals surface area contributed by atoms with E-state index in [1.165, 1.54) is 6.20 Å². The monoisotopic (exact) mass is 525 g/mol. The molecule has 4 rings (SSSR count). The summed E-state index contributed by atoms with van der Waals surface area (Å²) in [7, 11) is 3.14. The molecule has 0 saturated carbocycles. The smallest absolute Gasteiger partial charge is 0.314 e. The van der Waals surface area contributed by atoms with Crippen molar-refractivity contribution in [3.05, 3.63) is 89.7 Å². The molecule has 2 aromatic heterocycles. The van der Waals surface area contributed by atoms with Crippen molar-refractivity contribution in [2.24, 2.45) is 0 Å². The Kier molecular flexibility index (Phi) is 8.96. The van der Waals surface area contributed by atoms with Gasteiger partial charge in [-0.1, -0.05) is 54.6 Å². The second-order valence-electron chi connectivity index (χ2n) is 8.79. The highest BCUT2D eigenvalue weighted by Crippen LogP contribution is 2.22. The molecule has 200 valence electrons. The largest absolute Gasteiger partial charge is 0.355 e. The van der Waals surface area contributed by atoms with Crippen LogP contribution in [-0.2, 0) is 13.0 Å². The Morgan fingerprint density at radius 1 is 0.897 bits per heavy atom. The van der Waals surface area contributed by atoms with Gasteiger partial charge in [-0.2, -0.15) is 4.98 Å². The molecule has 0 aliphatic carbocycles. The fourth-order valence-corrected chi connectivity index (χ4v) is 3.89. The normalized spacial score (nSPS) is 11.3. The lowest BCUT2D eigenvalue weighted by atomic mass is 10.0. The van der Waals surface area contributed by atoms with Crippen molar-refractivity contribution >= 4 is 29.5 Å². The first-order chi connectivity index (χ1) is 18.9. The lowest BCUT2D eigenvalue weighted by molar-refractivity contribution is 0.0963. The fraction of sp³-hybridized carbons (Fsp3) is 0.214. The summed E-state index contributed by atoms with van der Waals surface area (Å²) in [5.41, 5.74) is 3.25. The highest BCUT2D eigenvalue weighted by atomic mass is 16.2. The van der Waals surface area contributed by atoms with Crippen LogP contribution in [0.5, 0.6) is 0 Å². The van der Waals surface area contributed by atoms with Crippen molar-refractivity contribution < 1.29 is 9.59 Å². The number of nitrogens with zero attached hydrogens (tertiary/aromatic N) is 4. The lowest BCUT2D eigenvalue weighted by Crippen LogP contribution is -2.32. The van der Waals surface area contributed by atoms with E-state index < -0.39 is 0 Å². The summed E-state index contributed by atoms with van der Waals surface area (Å²) in [6.45, 7) is 2.48. The minimum absolute atomic E-state index is 0.0209. The fourth-order valence-electron chi connectivity index (χ4n) is 3.89. The van der Waals surface area contributed by atoms with Crippen LogP contribution in [0.15, 0.2) is 73.1 Å². The number of hydrogen-bond acceptors (Lipinski definition) is 8. The van der Waals surface area contributed by atoms with Gasteiger partial charge in [0.25, 0.3) is 5.91 Å². The molecule has 4 aromatic rings. The summed E-state index contributed by atoms with van der Waals surface area (Å²) in [6, 6.07) is 19.1. The Balaban J connectivity index is 1.47. The molecular weight excluding hydrogens is 494 g/mol. The standard InChI is InChI=1S/C28H31N9O2/c1-18(14-19-8-7-9-20(15-19)16-33-28(39)30-3)34-27-31-13-12-23(36-27)35-25-22(26(38)29-2)17-32-24(37-25)21-10-5-4-6-11-21/h4-13,15,17-18H,14,16H2,1-3H3,(H,29,38)(H2,30,33,39)(H2,31,32,34,35,36,37)/t18-/m0/s1. The van der Waals surface area contributed by atoms with Gasteiger partial charge >= 0.3 is 6.03 Å². The highest BCUT2D eigenvalue weighted by molar-refractivity contribution is 5.99. The Bertz CT molecular complexity index is 1430. The highest BCUT2D eigenvalue weighted by Gasteiger charge is 2.16. The molecule has 11 heteroatoms. The number of amides is 3. The SMILES string of the molecule is CNC(=O)NCc1cccc(C[C@H](C)Nc2nccc(Nc3nc(-c4ccccc4)ncc3C(=O)NC)n2)c1. The quantitative estimate of drug-likeness (QED) is 0.211. The van der Waals surface area contributed by atoms with Crippen LogP contribution in [0.4, 0.5) is 22.4 Å². The number of carbonyl (C=O) groups excluding carboxylic acids is 2. The molecule has 0 aliphatic rings. The zero-order valence-corrected chi connectivity index (χ0v) is 22.0. The van der Waals surface area contributed by atoms with E-state index in [4.69, 9.17) is 0 Å². The number of benzene rings is 2. The van der Waals surface area contributed by atoms with E-state index >= 15 is 0 Å². The predicted molar refractivity (Wildman–Crippen MR) is 151 cm³/mol. The van der Waals surface area contributed by atoms with Gasteiger partial charge in [0.2, 0.25) is 5.95 Å². The summed E-state index contributed by atoms with van der Waals surface area (Å²) in [5.74, 6) is 1.42. The summed E-state index contributed by atoms with van der Waals surface area (Å²) in [6.07, 6.45) is 3.85. The summed E-state index contributed by atoms with van der Waals surface area (Å²) < 4.78 is 0. The van der Waals surface area contributed by atoms with Gasteiger partial charge in [0.15, 0.2) is 5.82 Å². The Morgan fingerprint density at radius 3 is 2.46 bits per heavy atom. The summed E-state index contributed by atoms with van der Waals surface area (Å²) >= 11 is 0. The molecule has 39 heavy (non-hydrogen) atoms. The third-order valence-electron chi connectivity index (χ3n) is 5.78. The topological polar surface area (TPSA) is 146 Å². The molecule has 0 saturated heterocycles. The van der Waals surface area contributed by atoms with Crippen molar-refractivity contribution in [1.29, 1.82) is 0 Å². The van der Waals surface area contributed by atoms with Gasteiger partial charge in [0.05, 0.1) is 0 Å². The molecule has 0 bridgehead atoms. The number of nitrogens with one attached hydrogen (secondary N) is 5. The minimum atomic E-state index is -0.314. The van der Waals surface area contributed by atoms with Crippen LogP contribution in [-0.4, -0.2) is 52.0 Å². The lowest BCUT2D eigenvalue weighted by Gasteiger charge is -2.16. The van der Waals surface area contributed by atoms with Gasteiger partial charge in [-0.15, -0.1) is 0 Å². The van der Waals surface area contributed by atoms with Crippen LogP contribution >= 0.6 is 0 Å².